The molecular formula is C18H19N3O. The maximum atomic E-state index is 12.4. The molecule has 0 unspecified atom stereocenters. The highest BCUT2D eigenvalue weighted by atomic mass is 16.1. The first-order valence-corrected chi connectivity index (χ1v) is 7.14. The Kier molecular flexibility index (Phi) is 4.57. The van der Waals surface area contributed by atoms with Crippen molar-refractivity contribution in [3.63, 3.8) is 0 Å². The zero-order valence-corrected chi connectivity index (χ0v) is 13.1. The molecule has 1 heterocycles. The third-order valence-electron chi connectivity index (χ3n) is 3.07. The van der Waals surface area contributed by atoms with Crippen molar-refractivity contribution in [2.45, 2.75) is 32.7 Å². The first kappa shape index (κ1) is 15.7. The number of carbonyl (C=O) groups is 1. The molecule has 0 atom stereocenters. The summed E-state index contributed by atoms with van der Waals surface area (Å²) in [5.74, 6) is -0.0977. The highest BCUT2D eigenvalue weighted by molar-refractivity contribution is 5.96. The van der Waals surface area contributed by atoms with Crippen molar-refractivity contribution < 1.29 is 4.79 Å². The normalized spacial score (nSPS) is 10.8. The van der Waals surface area contributed by atoms with Gasteiger partial charge in [0.05, 0.1) is 11.6 Å². The van der Waals surface area contributed by atoms with Gasteiger partial charge >= 0.3 is 0 Å². The number of hydrogen-bond donors (Lipinski definition) is 1. The number of nitrogens with zero attached hydrogens (tertiary/aromatic N) is 2. The quantitative estimate of drug-likeness (QED) is 0.945. The molecule has 4 nitrogen and oxygen atoms in total. The minimum Gasteiger partial charge on any atom is -0.347 e. The molecule has 4 heteroatoms. The van der Waals surface area contributed by atoms with E-state index in [0.717, 1.165) is 11.3 Å². The SMILES string of the molecule is CC(C)(C)NC(=O)c1ccccc1Cc1cc(C#N)ccn1. The number of nitriles is 1. The fraction of sp³-hybridized carbons (Fsp3) is 0.278. The summed E-state index contributed by atoms with van der Waals surface area (Å²) in [5.41, 5.74) is 2.59. The minimum absolute atomic E-state index is 0.0977. The average molecular weight is 293 g/mol. The Morgan fingerprint density at radius 1 is 1.27 bits per heavy atom. The van der Waals surface area contributed by atoms with Crippen LogP contribution in [0.3, 0.4) is 0 Å². The number of rotatable bonds is 3. The van der Waals surface area contributed by atoms with Gasteiger partial charge in [-0.15, -0.1) is 0 Å². The van der Waals surface area contributed by atoms with Gasteiger partial charge in [-0.1, -0.05) is 18.2 Å². The van der Waals surface area contributed by atoms with Crippen molar-refractivity contribution in [1.29, 1.82) is 5.26 Å². The van der Waals surface area contributed by atoms with Crippen molar-refractivity contribution in [2.75, 3.05) is 0 Å². The molecular weight excluding hydrogens is 274 g/mol. The van der Waals surface area contributed by atoms with Gasteiger partial charge in [-0.3, -0.25) is 9.78 Å². The van der Waals surface area contributed by atoms with Gasteiger partial charge in [0, 0.05) is 29.4 Å². The molecule has 22 heavy (non-hydrogen) atoms. The van der Waals surface area contributed by atoms with E-state index in [9.17, 15) is 4.79 Å². The summed E-state index contributed by atoms with van der Waals surface area (Å²) in [7, 11) is 0. The molecule has 0 saturated heterocycles. The van der Waals surface area contributed by atoms with Crippen LogP contribution in [0.25, 0.3) is 0 Å². The second-order valence-corrected chi connectivity index (χ2v) is 6.19. The summed E-state index contributed by atoms with van der Waals surface area (Å²) in [6, 6.07) is 13.0. The van der Waals surface area contributed by atoms with Crippen LogP contribution in [0.5, 0.6) is 0 Å². The molecule has 0 bridgehead atoms. The molecule has 112 valence electrons. The molecule has 0 aliphatic heterocycles. The summed E-state index contributed by atoms with van der Waals surface area (Å²) in [4.78, 5) is 16.7. The van der Waals surface area contributed by atoms with Crippen LogP contribution >= 0.6 is 0 Å². The number of benzene rings is 1. The lowest BCUT2D eigenvalue weighted by Gasteiger charge is -2.21. The molecule has 1 N–H and O–H groups in total. The van der Waals surface area contributed by atoms with E-state index in [4.69, 9.17) is 5.26 Å². The fourth-order valence-corrected chi connectivity index (χ4v) is 2.14. The molecule has 2 aromatic rings. The third kappa shape index (κ3) is 4.16. The van der Waals surface area contributed by atoms with E-state index in [1.807, 2.05) is 45.0 Å². The predicted molar refractivity (Wildman–Crippen MR) is 85.4 cm³/mol. The number of carbonyl (C=O) groups excluding carboxylic acids is 1. The molecule has 0 fully saturated rings. The number of aromatic nitrogens is 1. The van der Waals surface area contributed by atoms with Crippen molar-refractivity contribution in [3.05, 3.63) is 65.0 Å². The van der Waals surface area contributed by atoms with Crippen LogP contribution < -0.4 is 5.32 Å². The third-order valence-corrected chi connectivity index (χ3v) is 3.07. The Hall–Kier alpha value is -2.67. The maximum absolute atomic E-state index is 12.4. The lowest BCUT2D eigenvalue weighted by Crippen LogP contribution is -2.40. The van der Waals surface area contributed by atoms with Crippen LogP contribution in [0, 0.1) is 11.3 Å². The van der Waals surface area contributed by atoms with Crippen molar-refractivity contribution in [2.24, 2.45) is 0 Å². The first-order valence-electron chi connectivity index (χ1n) is 7.14. The summed E-state index contributed by atoms with van der Waals surface area (Å²) in [5, 5.41) is 11.9. The Balaban J connectivity index is 2.29. The van der Waals surface area contributed by atoms with Crippen molar-refractivity contribution >= 4 is 5.91 Å². The smallest absolute Gasteiger partial charge is 0.251 e. The molecule has 1 aromatic carbocycles. The fourth-order valence-electron chi connectivity index (χ4n) is 2.14. The van der Waals surface area contributed by atoms with Gasteiger partial charge in [0.15, 0.2) is 0 Å². The average Bonchev–Trinajstić information content (AvgIpc) is 2.46. The van der Waals surface area contributed by atoms with E-state index in [1.165, 1.54) is 0 Å². The number of hydrogen-bond acceptors (Lipinski definition) is 3. The molecule has 0 saturated carbocycles. The van der Waals surface area contributed by atoms with Crippen LogP contribution in [0.4, 0.5) is 0 Å². The Labute approximate surface area is 130 Å². The standard InChI is InChI=1S/C18H19N3O/c1-18(2,3)21-17(22)16-7-5-4-6-14(16)11-15-10-13(12-19)8-9-20-15/h4-10H,11H2,1-3H3,(H,21,22). The second-order valence-electron chi connectivity index (χ2n) is 6.19. The second kappa shape index (κ2) is 6.40. The van der Waals surface area contributed by atoms with Crippen LogP contribution in [0.1, 0.15) is 48.0 Å². The lowest BCUT2D eigenvalue weighted by molar-refractivity contribution is 0.0918. The summed E-state index contributed by atoms with van der Waals surface area (Å²) in [6.45, 7) is 5.85. The monoisotopic (exact) mass is 293 g/mol. The van der Waals surface area contributed by atoms with Crippen LogP contribution in [0.15, 0.2) is 42.6 Å². The maximum Gasteiger partial charge on any atom is 0.251 e. The molecule has 0 aliphatic carbocycles. The van der Waals surface area contributed by atoms with Crippen LogP contribution in [0.2, 0.25) is 0 Å². The van der Waals surface area contributed by atoms with E-state index in [1.54, 1.807) is 18.3 Å². The van der Waals surface area contributed by atoms with Gasteiger partial charge < -0.3 is 5.32 Å². The highest BCUT2D eigenvalue weighted by Crippen LogP contribution is 2.15. The van der Waals surface area contributed by atoms with Crippen molar-refractivity contribution in [1.82, 2.24) is 10.3 Å². The Morgan fingerprint density at radius 3 is 2.68 bits per heavy atom. The molecule has 1 amide bonds. The van der Waals surface area contributed by atoms with E-state index >= 15 is 0 Å². The van der Waals surface area contributed by atoms with Gasteiger partial charge in [-0.2, -0.15) is 5.26 Å². The van der Waals surface area contributed by atoms with E-state index < -0.39 is 0 Å². The largest absolute Gasteiger partial charge is 0.347 e. The van der Waals surface area contributed by atoms with Gasteiger partial charge in [-0.25, -0.2) is 0 Å². The predicted octanol–water partition coefficient (Wildman–Crippen LogP) is 3.07. The molecule has 0 spiro atoms. The molecule has 1 aromatic heterocycles. The summed E-state index contributed by atoms with van der Waals surface area (Å²) >= 11 is 0. The number of nitrogens with one attached hydrogen (secondary N) is 1. The van der Waals surface area contributed by atoms with Gasteiger partial charge in [0.2, 0.25) is 0 Å². The number of amides is 1. The number of pyridine rings is 1. The molecule has 2 rings (SSSR count). The lowest BCUT2D eigenvalue weighted by atomic mass is 10.00. The molecule has 0 radical (unpaired) electrons. The van der Waals surface area contributed by atoms with Gasteiger partial charge in [-0.05, 0) is 44.5 Å². The van der Waals surface area contributed by atoms with E-state index in [2.05, 4.69) is 16.4 Å². The topological polar surface area (TPSA) is 65.8 Å². The summed E-state index contributed by atoms with van der Waals surface area (Å²) in [6.07, 6.45) is 2.13. The minimum atomic E-state index is -0.289. The zero-order valence-electron chi connectivity index (χ0n) is 13.1. The highest BCUT2D eigenvalue weighted by Gasteiger charge is 2.17. The van der Waals surface area contributed by atoms with Crippen LogP contribution in [-0.4, -0.2) is 16.4 Å². The van der Waals surface area contributed by atoms with Crippen molar-refractivity contribution in [3.8, 4) is 6.07 Å². The van der Waals surface area contributed by atoms with Crippen LogP contribution in [-0.2, 0) is 6.42 Å². The Morgan fingerprint density at radius 2 is 2.00 bits per heavy atom. The Bertz CT molecular complexity index is 724. The zero-order chi connectivity index (χ0) is 16.2. The van der Waals surface area contributed by atoms with E-state index in [0.29, 0.717) is 17.5 Å². The van der Waals surface area contributed by atoms with Gasteiger partial charge in [0.1, 0.15) is 0 Å². The molecule has 0 aliphatic rings. The summed E-state index contributed by atoms with van der Waals surface area (Å²) < 4.78 is 0. The van der Waals surface area contributed by atoms with E-state index in [-0.39, 0.29) is 11.4 Å². The van der Waals surface area contributed by atoms with Gasteiger partial charge in [0.25, 0.3) is 5.91 Å². The first-order chi connectivity index (χ1) is 10.4.